The molecule has 23 heavy (non-hydrogen) atoms. The van der Waals surface area contributed by atoms with Crippen molar-refractivity contribution in [1.29, 1.82) is 0 Å². The Bertz CT molecular complexity index is 534. The summed E-state index contributed by atoms with van der Waals surface area (Å²) in [6.07, 6.45) is 5.29. The number of ether oxygens (including phenoxy) is 2. The Labute approximate surface area is 138 Å². The number of pyridine rings is 1. The van der Waals surface area contributed by atoms with Crippen LogP contribution in [-0.2, 0) is 15.9 Å². The van der Waals surface area contributed by atoms with E-state index in [0.29, 0.717) is 5.56 Å². The van der Waals surface area contributed by atoms with Crippen molar-refractivity contribution >= 4 is 6.29 Å². The molecule has 0 saturated heterocycles. The van der Waals surface area contributed by atoms with E-state index < -0.39 is 0 Å². The highest BCUT2D eigenvalue weighted by Crippen LogP contribution is 2.08. The van der Waals surface area contributed by atoms with Crippen molar-refractivity contribution in [2.75, 3.05) is 13.2 Å². The van der Waals surface area contributed by atoms with Crippen molar-refractivity contribution in [3.63, 3.8) is 0 Å². The monoisotopic (exact) mass is 315 g/mol. The molecule has 0 spiro atoms. The molecular weight excluding hydrogens is 290 g/mol. The number of nitrogens with zero attached hydrogens (tertiary/aromatic N) is 1. The first kappa shape index (κ1) is 19.0. The fourth-order valence-corrected chi connectivity index (χ4v) is 1.97. The third kappa shape index (κ3) is 8.24. The van der Waals surface area contributed by atoms with Crippen molar-refractivity contribution in [2.24, 2.45) is 0 Å². The molecule has 0 N–H and O–H groups in total. The lowest BCUT2D eigenvalue weighted by Crippen LogP contribution is -2.11. The van der Waals surface area contributed by atoms with Crippen LogP contribution in [-0.4, -0.2) is 30.8 Å². The first-order valence-electron chi connectivity index (χ1n) is 7.85. The molecule has 0 aliphatic heterocycles. The lowest BCUT2D eigenvalue weighted by Gasteiger charge is -2.09. The Kier molecular flexibility index (Phi) is 9.52. The van der Waals surface area contributed by atoms with Crippen molar-refractivity contribution in [2.45, 2.75) is 33.5 Å². The Morgan fingerprint density at radius 3 is 2.17 bits per heavy atom. The molecule has 4 nitrogen and oxygen atoms in total. The largest absolute Gasteiger partial charge is 0.353 e. The SMILES string of the molecule is CCOC(C)OCC.O=Cc1ccc(Cc2cccnc2)cc1. The van der Waals surface area contributed by atoms with Crippen molar-refractivity contribution < 1.29 is 14.3 Å². The highest BCUT2D eigenvalue weighted by atomic mass is 16.7. The van der Waals surface area contributed by atoms with Crippen molar-refractivity contribution in [3.05, 3.63) is 65.5 Å². The zero-order valence-electron chi connectivity index (χ0n) is 14.1. The predicted octanol–water partition coefficient (Wildman–Crippen LogP) is 3.89. The van der Waals surface area contributed by atoms with Crippen molar-refractivity contribution in [3.8, 4) is 0 Å². The molecule has 0 fully saturated rings. The quantitative estimate of drug-likeness (QED) is 0.574. The van der Waals surface area contributed by atoms with Crippen molar-refractivity contribution in [1.82, 2.24) is 4.98 Å². The van der Waals surface area contributed by atoms with E-state index in [-0.39, 0.29) is 6.29 Å². The molecule has 1 aromatic heterocycles. The molecule has 0 unspecified atom stereocenters. The Balaban J connectivity index is 0.000000284. The van der Waals surface area contributed by atoms with Gasteiger partial charge in [-0.1, -0.05) is 30.3 Å². The Morgan fingerprint density at radius 1 is 1.04 bits per heavy atom. The topological polar surface area (TPSA) is 48.4 Å². The van der Waals surface area contributed by atoms with Crippen LogP contribution in [0.15, 0.2) is 48.8 Å². The molecule has 2 rings (SSSR count). The summed E-state index contributed by atoms with van der Waals surface area (Å²) in [6.45, 7) is 7.25. The fourth-order valence-electron chi connectivity index (χ4n) is 1.97. The van der Waals surface area contributed by atoms with E-state index in [1.54, 1.807) is 6.20 Å². The molecule has 2 aromatic rings. The summed E-state index contributed by atoms with van der Waals surface area (Å²) in [5.41, 5.74) is 3.08. The summed E-state index contributed by atoms with van der Waals surface area (Å²) in [4.78, 5) is 14.5. The van der Waals surface area contributed by atoms with Gasteiger partial charge in [0.15, 0.2) is 6.29 Å². The van der Waals surface area contributed by atoms with Gasteiger partial charge in [-0.3, -0.25) is 9.78 Å². The lowest BCUT2D eigenvalue weighted by atomic mass is 10.1. The zero-order valence-corrected chi connectivity index (χ0v) is 14.1. The predicted molar refractivity (Wildman–Crippen MR) is 91.6 cm³/mol. The molecule has 1 aromatic carbocycles. The van der Waals surface area contributed by atoms with E-state index in [2.05, 4.69) is 4.98 Å². The first-order chi connectivity index (χ1) is 11.2. The van der Waals surface area contributed by atoms with Crippen LogP contribution >= 0.6 is 0 Å². The van der Waals surface area contributed by atoms with Gasteiger partial charge in [0.25, 0.3) is 0 Å². The zero-order chi connectivity index (χ0) is 16.9. The van der Waals surface area contributed by atoms with Gasteiger partial charge in [-0.05, 0) is 44.4 Å². The van der Waals surface area contributed by atoms with Gasteiger partial charge < -0.3 is 9.47 Å². The molecular formula is C19H25NO3. The van der Waals surface area contributed by atoms with Gasteiger partial charge in [0.2, 0.25) is 0 Å². The molecule has 0 radical (unpaired) electrons. The van der Waals surface area contributed by atoms with E-state index in [1.165, 1.54) is 11.1 Å². The number of aromatic nitrogens is 1. The van der Waals surface area contributed by atoms with Crippen LogP contribution < -0.4 is 0 Å². The maximum atomic E-state index is 10.5. The van der Waals surface area contributed by atoms with Crippen LogP contribution in [0.4, 0.5) is 0 Å². The maximum Gasteiger partial charge on any atom is 0.154 e. The van der Waals surface area contributed by atoms with Gasteiger partial charge in [0.05, 0.1) is 0 Å². The summed E-state index contributed by atoms with van der Waals surface area (Å²) in [5, 5.41) is 0. The van der Waals surface area contributed by atoms with E-state index in [1.807, 2.05) is 63.4 Å². The second-order valence-corrected chi connectivity index (χ2v) is 4.88. The Morgan fingerprint density at radius 2 is 1.70 bits per heavy atom. The Hall–Kier alpha value is -2.04. The standard InChI is InChI=1S/C13H11NO.C6H14O2/c15-10-12-5-3-11(4-6-12)8-13-2-1-7-14-9-13;1-4-7-6(3)8-5-2/h1-7,9-10H,8H2;6H,4-5H2,1-3H3. The number of benzene rings is 1. The lowest BCUT2D eigenvalue weighted by molar-refractivity contribution is -0.123. The van der Waals surface area contributed by atoms with Gasteiger partial charge in [-0.25, -0.2) is 0 Å². The first-order valence-corrected chi connectivity index (χ1v) is 7.85. The molecule has 0 aliphatic rings. The molecule has 0 atom stereocenters. The third-order valence-electron chi connectivity index (χ3n) is 3.05. The number of carbonyl (C=O) groups excluding carboxylic acids is 1. The van der Waals surface area contributed by atoms with Gasteiger partial charge in [-0.15, -0.1) is 0 Å². The fraction of sp³-hybridized carbons (Fsp3) is 0.368. The van der Waals surface area contributed by atoms with Crippen LogP contribution in [0.3, 0.4) is 0 Å². The summed E-state index contributed by atoms with van der Waals surface area (Å²) >= 11 is 0. The van der Waals surface area contributed by atoms with E-state index >= 15 is 0 Å². The summed E-state index contributed by atoms with van der Waals surface area (Å²) in [6, 6.07) is 11.6. The van der Waals surface area contributed by atoms with Gasteiger partial charge in [-0.2, -0.15) is 0 Å². The smallest absolute Gasteiger partial charge is 0.154 e. The molecule has 0 amide bonds. The number of rotatable bonds is 7. The minimum atomic E-state index is -0.0370. The van der Waals surface area contributed by atoms with Crippen LogP contribution in [0, 0.1) is 0 Å². The van der Waals surface area contributed by atoms with Crippen LogP contribution in [0.25, 0.3) is 0 Å². The molecule has 124 valence electrons. The molecule has 1 heterocycles. The average Bonchev–Trinajstić information content (AvgIpc) is 2.58. The molecule has 0 aliphatic carbocycles. The maximum absolute atomic E-state index is 10.5. The minimum absolute atomic E-state index is 0.0370. The number of hydrogen-bond acceptors (Lipinski definition) is 4. The minimum Gasteiger partial charge on any atom is -0.353 e. The summed E-state index contributed by atoms with van der Waals surface area (Å²) in [5.74, 6) is 0. The second-order valence-electron chi connectivity index (χ2n) is 4.88. The number of aldehydes is 1. The summed E-state index contributed by atoms with van der Waals surface area (Å²) < 4.78 is 10.1. The van der Waals surface area contributed by atoms with E-state index in [4.69, 9.17) is 9.47 Å². The number of hydrogen-bond donors (Lipinski definition) is 0. The normalized spacial score (nSPS) is 10.1. The van der Waals surface area contributed by atoms with Gasteiger partial charge in [0.1, 0.15) is 6.29 Å². The summed E-state index contributed by atoms with van der Waals surface area (Å²) in [7, 11) is 0. The molecule has 0 bridgehead atoms. The molecule has 4 heteroatoms. The molecule has 0 saturated carbocycles. The van der Waals surface area contributed by atoms with Crippen LogP contribution in [0.2, 0.25) is 0 Å². The van der Waals surface area contributed by atoms with Crippen LogP contribution in [0.5, 0.6) is 0 Å². The van der Waals surface area contributed by atoms with Crippen LogP contribution in [0.1, 0.15) is 42.3 Å². The van der Waals surface area contributed by atoms with Gasteiger partial charge in [0, 0.05) is 31.2 Å². The van der Waals surface area contributed by atoms with E-state index in [9.17, 15) is 4.79 Å². The third-order valence-corrected chi connectivity index (χ3v) is 3.05. The average molecular weight is 315 g/mol. The number of carbonyl (C=O) groups is 1. The van der Waals surface area contributed by atoms with Gasteiger partial charge >= 0.3 is 0 Å². The highest BCUT2D eigenvalue weighted by molar-refractivity contribution is 5.74. The van der Waals surface area contributed by atoms with E-state index in [0.717, 1.165) is 25.9 Å². The highest BCUT2D eigenvalue weighted by Gasteiger charge is 1.96. The second kappa shape index (κ2) is 11.5.